The fraction of sp³-hybridized carbons (Fsp3) is 0.818. The number of likely N-dealkylation sites (tertiary alicyclic amines) is 1. The maximum absolute atomic E-state index is 11.5. The minimum atomic E-state index is -0.441. The van der Waals surface area contributed by atoms with E-state index in [0.717, 1.165) is 12.8 Å². The van der Waals surface area contributed by atoms with Crippen LogP contribution in [0.1, 0.15) is 26.2 Å². The largest absolute Gasteiger partial charge is 0.392 e. The Hall–Kier alpha value is -1.14. The third-order valence-electron chi connectivity index (χ3n) is 2.68. The summed E-state index contributed by atoms with van der Waals surface area (Å²) in [4.78, 5) is 24.5. The predicted octanol–water partition coefficient (Wildman–Crippen LogP) is -0.321. The molecule has 0 unspecified atom stereocenters. The zero-order valence-corrected chi connectivity index (χ0v) is 10.2. The minimum absolute atomic E-state index is 0.165. The summed E-state index contributed by atoms with van der Waals surface area (Å²) in [6, 6.07) is -0.441. The first-order valence-electron chi connectivity index (χ1n) is 6.10. The third-order valence-corrected chi connectivity index (χ3v) is 2.68. The topological polar surface area (TPSA) is 81.7 Å². The van der Waals surface area contributed by atoms with Gasteiger partial charge in [0.2, 0.25) is 5.91 Å². The number of imide groups is 1. The first-order chi connectivity index (χ1) is 8.11. The Balaban J connectivity index is 2.13. The van der Waals surface area contributed by atoms with Crippen LogP contribution in [-0.2, 0) is 4.79 Å². The van der Waals surface area contributed by atoms with Crippen molar-refractivity contribution in [1.82, 2.24) is 15.5 Å². The fourth-order valence-corrected chi connectivity index (χ4v) is 1.75. The van der Waals surface area contributed by atoms with Crippen LogP contribution in [0.25, 0.3) is 0 Å². The van der Waals surface area contributed by atoms with E-state index in [4.69, 9.17) is 0 Å². The maximum Gasteiger partial charge on any atom is 0.321 e. The molecule has 1 rings (SSSR count). The molecule has 0 spiro atoms. The first kappa shape index (κ1) is 13.9. The van der Waals surface area contributed by atoms with Crippen molar-refractivity contribution in [2.75, 3.05) is 26.2 Å². The molecule has 3 N–H and O–H groups in total. The molecule has 0 saturated carbocycles. The van der Waals surface area contributed by atoms with Crippen LogP contribution in [0.2, 0.25) is 0 Å². The fourth-order valence-electron chi connectivity index (χ4n) is 1.75. The van der Waals surface area contributed by atoms with Gasteiger partial charge in [0.25, 0.3) is 0 Å². The summed E-state index contributed by atoms with van der Waals surface area (Å²) in [5.74, 6) is -0.326. The highest BCUT2D eigenvalue weighted by Crippen LogP contribution is 2.07. The van der Waals surface area contributed by atoms with Crippen molar-refractivity contribution in [1.29, 1.82) is 0 Å². The Morgan fingerprint density at radius 1 is 1.47 bits per heavy atom. The SMILES string of the molecule is CCCCNC(=O)NC(=O)CN1CC[C@H](O)C1. The van der Waals surface area contributed by atoms with Crippen molar-refractivity contribution in [3.05, 3.63) is 0 Å². The van der Waals surface area contributed by atoms with Crippen LogP contribution < -0.4 is 10.6 Å². The highest BCUT2D eigenvalue weighted by molar-refractivity contribution is 5.95. The van der Waals surface area contributed by atoms with E-state index in [0.29, 0.717) is 26.1 Å². The number of urea groups is 1. The number of carbonyl (C=O) groups excluding carboxylic acids is 2. The molecular weight excluding hydrogens is 222 g/mol. The van der Waals surface area contributed by atoms with Gasteiger partial charge >= 0.3 is 6.03 Å². The quantitative estimate of drug-likeness (QED) is 0.578. The van der Waals surface area contributed by atoms with Crippen molar-refractivity contribution in [2.45, 2.75) is 32.3 Å². The number of β-amino-alcohol motifs (C(OH)–C–C–N with tert-alkyl or cyclic N) is 1. The van der Waals surface area contributed by atoms with Gasteiger partial charge in [-0.3, -0.25) is 15.0 Å². The lowest BCUT2D eigenvalue weighted by molar-refractivity contribution is -0.121. The lowest BCUT2D eigenvalue weighted by Gasteiger charge is -2.14. The van der Waals surface area contributed by atoms with Gasteiger partial charge in [0.05, 0.1) is 12.6 Å². The van der Waals surface area contributed by atoms with E-state index in [9.17, 15) is 14.7 Å². The van der Waals surface area contributed by atoms with Gasteiger partial charge in [-0.05, 0) is 12.8 Å². The molecule has 3 amide bonds. The molecule has 0 aromatic carbocycles. The summed E-state index contributed by atoms with van der Waals surface area (Å²) in [5, 5.41) is 14.2. The van der Waals surface area contributed by atoms with Crippen LogP contribution in [0.5, 0.6) is 0 Å². The van der Waals surface area contributed by atoms with E-state index in [1.54, 1.807) is 0 Å². The number of nitrogens with zero attached hydrogens (tertiary/aromatic N) is 1. The van der Waals surface area contributed by atoms with Crippen LogP contribution in [0.15, 0.2) is 0 Å². The third kappa shape index (κ3) is 5.65. The second-order valence-electron chi connectivity index (χ2n) is 4.34. The molecule has 6 heteroatoms. The number of aliphatic hydroxyl groups excluding tert-OH is 1. The van der Waals surface area contributed by atoms with Crippen LogP contribution in [0.3, 0.4) is 0 Å². The highest BCUT2D eigenvalue weighted by Gasteiger charge is 2.22. The molecule has 98 valence electrons. The smallest absolute Gasteiger partial charge is 0.321 e. The number of nitrogens with one attached hydrogen (secondary N) is 2. The lowest BCUT2D eigenvalue weighted by Crippen LogP contribution is -2.44. The van der Waals surface area contributed by atoms with Crippen LogP contribution in [-0.4, -0.2) is 54.2 Å². The number of rotatable bonds is 5. The molecule has 17 heavy (non-hydrogen) atoms. The normalized spacial score (nSPS) is 20.2. The summed E-state index contributed by atoms with van der Waals surface area (Å²) >= 11 is 0. The lowest BCUT2D eigenvalue weighted by atomic mass is 10.3. The monoisotopic (exact) mass is 243 g/mol. The summed E-state index contributed by atoms with van der Waals surface area (Å²) < 4.78 is 0. The molecule has 1 aliphatic heterocycles. The summed E-state index contributed by atoms with van der Waals surface area (Å²) in [7, 11) is 0. The Bertz CT molecular complexity index is 271. The van der Waals surface area contributed by atoms with Crippen LogP contribution >= 0.6 is 0 Å². The maximum atomic E-state index is 11.5. The zero-order chi connectivity index (χ0) is 12.7. The zero-order valence-electron chi connectivity index (χ0n) is 10.2. The van der Waals surface area contributed by atoms with Crippen molar-refractivity contribution < 1.29 is 14.7 Å². The molecule has 0 radical (unpaired) electrons. The number of aliphatic hydroxyl groups is 1. The van der Waals surface area contributed by atoms with Crippen molar-refractivity contribution in [3.63, 3.8) is 0 Å². The molecule has 1 fully saturated rings. The van der Waals surface area contributed by atoms with E-state index >= 15 is 0 Å². The summed E-state index contributed by atoms with van der Waals surface area (Å²) in [6.07, 6.45) is 2.25. The summed E-state index contributed by atoms with van der Waals surface area (Å²) in [5.41, 5.74) is 0. The number of hydrogen-bond acceptors (Lipinski definition) is 4. The Kier molecular flexibility index (Phi) is 5.93. The molecule has 0 bridgehead atoms. The molecule has 1 saturated heterocycles. The molecule has 1 atom stereocenters. The highest BCUT2D eigenvalue weighted by atomic mass is 16.3. The van der Waals surface area contributed by atoms with Gasteiger partial charge in [0.1, 0.15) is 0 Å². The molecule has 0 aromatic heterocycles. The minimum Gasteiger partial charge on any atom is -0.392 e. The van der Waals surface area contributed by atoms with E-state index in [1.165, 1.54) is 0 Å². The van der Waals surface area contributed by atoms with Gasteiger partial charge in [-0.25, -0.2) is 4.79 Å². The van der Waals surface area contributed by atoms with Gasteiger partial charge in [0.15, 0.2) is 0 Å². The standard InChI is InChI=1S/C11H21N3O3/c1-2-3-5-12-11(17)13-10(16)8-14-6-4-9(15)7-14/h9,15H,2-8H2,1H3,(H2,12,13,16,17)/t9-/m0/s1. The summed E-state index contributed by atoms with van der Waals surface area (Å²) in [6.45, 7) is 3.98. The second-order valence-corrected chi connectivity index (χ2v) is 4.34. The first-order valence-corrected chi connectivity index (χ1v) is 6.10. The molecular formula is C11H21N3O3. The van der Waals surface area contributed by atoms with Gasteiger partial charge in [-0.2, -0.15) is 0 Å². The number of unbranched alkanes of at least 4 members (excludes halogenated alkanes) is 1. The predicted molar refractivity (Wildman–Crippen MR) is 63.5 cm³/mol. The Morgan fingerprint density at radius 2 is 2.24 bits per heavy atom. The number of hydrogen-bond donors (Lipinski definition) is 3. The van der Waals surface area contributed by atoms with Gasteiger partial charge < -0.3 is 10.4 Å². The van der Waals surface area contributed by atoms with E-state index in [-0.39, 0.29) is 18.6 Å². The molecule has 6 nitrogen and oxygen atoms in total. The number of amides is 3. The van der Waals surface area contributed by atoms with Crippen LogP contribution in [0, 0.1) is 0 Å². The molecule has 0 aliphatic carbocycles. The average molecular weight is 243 g/mol. The van der Waals surface area contributed by atoms with Crippen molar-refractivity contribution in [2.24, 2.45) is 0 Å². The molecule has 1 heterocycles. The Labute approximate surface area is 101 Å². The molecule has 0 aromatic rings. The Morgan fingerprint density at radius 3 is 2.82 bits per heavy atom. The second kappa shape index (κ2) is 7.24. The average Bonchev–Trinajstić information content (AvgIpc) is 2.64. The van der Waals surface area contributed by atoms with E-state index in [1.807, 2.05) is 11.8 Å². The van der Waals surface area contributed by atoms with E-state index in [2.05, 4.69) is 10.6 Å². The number of carbonyl (C=O) groups is 2. The molecule has 1 aliphatic rings. The van der Waals surface area contributed by atoms with Crippen molar-refractivity contribution in [3.8, 4) is 0 Å². The van der Waals surface area contributed by atoms with Crippen molar-refractivity contribution >= 4 is 11.9 Å². The van der Waals surface area contributed by atoms with E-state index < -0.39 is 6.03 Å². The van der Waals surface area contributed by atoms with Crippen LogP contribution in [0.4, 0.5) is 4.79 Å². The van der Waals surface area contributed by atoms with Gasteiger partial charge in [-0.1, -0.05) is 13.3 Å². The van der Waals surface area contributed by atoms with Gasteiger partial charge in [-0.15, -0.1) is 0 Å². The van der Waals surface area contributed by atoms with Gasteiger partial charge in [0, 0.05) is 19.6 Å².